The second kappa shape index (κ2) is 51.0. The summed E-state index contributed by atoms with van der Waals surface area (Å²) in [7, 11) is -5.08. The van der Waals surface area contributed by atoms with Gasteiger partial charge in [-0.25, -0.2) is 4.18 Å². The number of carbonyl (C=O) groups is 1. The van der Waals surface area contributed by atoms with Crippen molar-refractivity contribution >= 4 is 16.3 Å². The summed E-state index contributed by atoms with van der Waals surface area (Å²) in [5.41, 5.74) is 0. The Morgan fingerprint density at radius 3 is 1.22 bits per heavy atom. The van der Waals surface area contributed by atoms with Crippen LogP contribution in [0.25, 0.3) is 0 Å². The summed E-state index contributed by atoms with van der Waals surface area (Å²) in [5, 5.41) is 44.8. The number of aliphatic hydroxyl groups excluding tert-OH is 4. The van der Waals surface area contributed by atoms with Crippen molar-refractivity contribution < 1.29 is 51.8 Å². The molecule has 1 amide bonds. The fraction of sp³-hybridized carbons (Fsp3) is 0.918. The molecule has 0 aromatic heterocycles. The first-order chi connectivity index (χ1) is 36.0. The summed E-state index contributed by atoms with van der Waals surface area (Å²) in [6.45, 7) is 3.39. The summed E-state index contributed by atoms with van der Waals surface area (Å²) in [4.78, 5) is 13.1. The van der Waals surface area contributed by atoms with Crippen LogP contribution in [0.2, 0.25) is 0 Å². The van der Waals surface area contributed by atoms with Gasteiger partial charge in [0.1, 0.15) is 24.4 Å². The first-order valence-corrected chi connectivity index (χ1v) is 32.6. The van der Waals surface area contributed by atoms with Gasteiger partial charge in [0.05, 0.1) is 25.4 Å². The molecule has 1 heterocycles. The van der Waals surface area contributed by atoms with Crippen molar-refractivity contribution in [2.75, 3.05) is 13.2 Å². The molecule has 0 spiro atoms. The molecule has 0 radical (unpaired) electrons. The zero-order chi connectivity index (χ0) is 54.0. The van der Waals surface area contributed by atoms with Gasteiger partial charge < -0.3 is 35.2 Å². The largest absolute Gasteiger partial charge is 0.397 e. The molecule has 6 N–H and O–H groups in total. The number of ether oxygens (including phenoxy) is 2. The van der Waals surface area contributed by atoms with E-state index in [1.165, 1.54) is 238 Å². The lowest BCUT2D eigenvalue weighted by Crippen LogP contribution is -2.61. The molecule has 1 aliphatic heterocycles. The van der Waals surface area contributed by atoms with Crippen molar-refractivity contribution in [1.29, 1.82) is 0 Å². The van der Waals surface area contributed by atoms with Crippen molar-refractivity contribution in [2.24, 2.45) is 0 Å². The fourth-order valence-electron chi connectivity index (χ4n) is 10.2. The Hall–Kier alpha value is -1.42. The molecule has 0 aromatic rings. The van der Waals surface area contributed by atoms with E-state index in [2.05, 4.69) is 35.5 Å². The SMILES string of the molecule is CCCCCCCCCC/C=C/C(O)C(COC1OC(CO)C(O)C(OS(=O)(=O)O)C1O)NC(=O)CCCCCCCCCCCCCCCCCCC/C=C\CCCCCCCCCCCCCCCCCC. The molecule has 0 bridgehead atoms. The summed E-state index contributed by atoms with van der Waals surface area (Å²) in [5.74, 6) is -0.260. The molecule has 1 rings (SSSR count). The quantitative estimate of drug-likeness (QED) is 0.0193. The molecule has 1 aliphatic rings. The van der Waals surface area contributed by atoms with Crippen LogP contribution >= 0.6 is 0 Å². The Labute approximate surface area is 454 Å². The number of carbonyl (C=O) groups excluding carboxylic acids is 1. The number of aliphatic hydroxyl groups is 4. The van der Waals surface area contributed by atoms with Gasteiger partial charge >= 0.3 is 10.4 Å². The second-order valence-corrected chi connectivity index (χ2v) is 23.0. The van der Waals surface area contributed by atoms with Crippen molar-refractivity contribution in [3.63, 3.8) is 0 Å². The number of nitrogens with one attached hydrogen (secondary N) is 1. The summed E-state index contributed by atoms with van der Waals surface area (Å²) < 4.78 is 47.7. The summed E-state index contributed by atoms with van der Waals surface area (Å²) in [6, 6.07) is -0.940. The molecular formula is C61H117NO11S. The van der Waals surface area contributed by atoms with Gasteiger partial charge in [0.15, 0.2) is 6.29 Å². The smallest absolute Gasteiger partial charge is 0.394 e. The van der Waals surface area contributed by atoms with Crippen LogP contribution in [0, 0.1) is 0 Å². The second-order valence-electron chi connectivity index (χ2n) is 22.0. The van der Waals surface area contributed by atoms with Crippen molar-refractivity contribution in [3.05, 3.63) is 24.3 Å². The summed E-state index contributed by atoms with van der Waals surface area (Å²) in [6.07, 6.45) is 55.7. The van der Waals surface area contributed by atoms with Crippen LogP contribution in [0.5, 0.6) is 0 Å². The Kier molecular flexibility index (Phi) is 48.7. The molecule has 7 unspecified atom stereocenters. The van der Waals surface area contributed by atoms with E-state index in [-0.39, 0.29) is 18.9 Å². The van der Waals surface area contributed by atoms with Gasteiger partial charge in [0.25, 0.3) is 0 Å². The third-order valence-electron chi connectivity index (χ3n) is 15.0. The van der Waals surface area contributed by atoms with E-state index in [4.69, 9.17) is 9.47 Å². The van der Waals surface area contributed by atoms with Crippen molar-refractivity contribution in [3.8, 4) is 0 Å². The highest BCUT2D eigenvalue weighted by molar-refractivity contribution is 7.80. The first kappa shape index (κ1) is 70.6. The molecule has 13 heteroatoms. The molecular weight excluding hydrogens is 955 g/mol. The highest BCUT2D eigenvalue weighted by atomic mass is 32.3. The number of rotatable bonds is 55. The average molecular weight is 1070 g/mol. The van der Waals surface area contributed by atoms with Gasteiger partial charge in [-0.3, -0.25) is 9.35 Å². The summed E-state index contributed by atoms with van der Waals surface area (Å²) >= 11 is 0. The van der Waals surface area contributed by atoms with Crippen molar-refractivity contribution in [2.45, 2.75) is 346 Å². The first-order valence-electron chi connectivity index (χ1n) is 31.2. The van der Waals surface area contributed by atoms with Gasteiger partial charge in [-0.1, -0.05) is 276 Å². The zero-order valence-corrected chi connectivity index (χ0v) is 48.5. The lowest BCUT2D eigenvalue weighted by atomic mass is 9.99. The van der Waals surface area contributed by atoms with Gasteiger partial charge in [0, 0.05) is 6.42 Å². The number of allylic oxidation sites excluding steroid dienone is 3. The minimum absolute atomic E-state index is 0.260. The highest BCUT2D eigenvalue weighted by Crippen LogP contribution is 2.26. The van der Waals surface area contributed by atoms with Crippen LogP contribution in [0.3, 0.4) is 0 Å². The lowest BCUT2D eigenvalue weighted by Gasteiger charge is -2.41. The minimum atomic E-state index is -5.08. The van der Waals surface area contributed by atoms with E-state index < -0.39 is 59.9 Å². The Bertz CT molecular complexity index is 1400. The monoisotopic (exact) mass is 1070 g/mol. The standard InChI is InChI=1S/C61H117NO11S/c1-3-5-7-9-11-13-15-16-17-18-19-20-21-22-23-24-25-26-27-28-29-30-31-32-33-34-35-36-37-38-39-40-41-43-45-47-49-51-57(65)62-54(55(64)50-48-46-44-42-14-12-10-8-6-4-2)53-71-61-59(67)60(73-74(68,69)70)58(66)56(52-63)72-61/h26-27,48,50,54-56,58-61,63-64,66-67H,3-25,28-47,49,51-53H2,1-2H3,(H,62,65)(H,68,69,70)/b27-26-,50-48+. The molecule has 74 heavy (non-hydrogen) atoms. The maximum absolute atomic E-state index is 13.1. The molecule has 1 fully saturated rings. The van der Waals surface area contributed by atoms with E-state index in [0.29, 0.717) is 6.42 Å². The average Bonchev–Trinajstić information content (AvgIpc) is 3.38. The molecule has 438 valence electrons. The molecule has 0 aromatic carbocycles. The van der Waals surface area contributed by atoms with E-state index in [0.717, 1.165) is 38.5 Å². The van der Waals surface area contributed by atoms with Gasteiger partial charge in [0.2, 0.25) is 5.91 Å². The normalized spacial score (nSPS) is 19.3. The fourth-order valence-corrected chi connectivity index (χ4v) is 10.7. The molecule has 1 saturated heterocycles. The Morgan fingerprint density at radius 2 is 0.865 bits per heavy atom. The number of amides is 1. The Morgan fingerprint density at radius 1 is 0.527 bits per heavy atom. The lowest BCUT2D eigenvalue weighted by molar-refractivity contribution is -0.298. The van der Waals surface area contributed by atoms with Gasteiger partial charge in [-0.05, 0) is 44.9 Å². The van der Waals surface area contributed by atoms with Crippen LogP contribution in [0.4, 0.5) is 0 Å². The van der Waals surface area contributed by atoms with Gasteiger partial charge in [-0.15, -0.1) is 0 Å². The predicted molar refractivity (Wildman–Crippen MR) is 305 cm³/mol. The van der Waals surface area contributed by atoms with E-state index in [1.807, 2.05) is 6.08 Å². The number of hydrogen-bond donors (Lipinski definition) is 6. The highest BCUT2D eigenvalue weighted by Gasteiger charge is 2.48. The van der Waals surface area contributed by atoms with Crippen LogP contribution in [0.1, 0.15) is 303 Å². The van der Waals surface area contributed by atoms with Crippen molar-refractivity contribution in [1.82, 2.24) is 5.32 Å². The number of unbranched alkanes of at least 4 members (excludes halogenated alkanes) is 41. The predicted octanol–water partition coefficient (Wildman–Crippen LogP) is 15.2. The molecule has 0 saturated carbocycles. The molecule has 0 aliphatic carbocycles. The molecule has 12 nitrogen and oxygen atoms in total. The van der Waals surface area contributed by atoms with E-state index >= 15 is 0 Å². The van der Waals surface area contributed by atoms with E-state index in [1.54, 1.807) is 6.08 Å². The zero-order valence-electron chi connectivity index (χ0n) is 47.7. The van der Waals surface area contributed by atoms with E-state index in [9.17, 15) is 38.2 Å². The maximum Gasteiger partial charge on any atom is 0.397 e. The third-order valence-corrected chi connectivity index (χ3v) is 15.4. The molecule has 7 atom stereocenters. The minimum Gasteiger partial charge on any atom is -0.394 e. The van der Waals surface area contributed by atoms with Crippen LogP contribution < -0.4 is 5.32 Å². The van der Waals surface area contributed by atoms with Crippen LogP contribution in [0.15, 0.2) is 24.3 Å². The number of hydrogen-bond acceptors (Lipinski definition) is 10. The maximum atomic E-state index is 13.1. The van der Waals surface area contributed by atoms with Gasteiger partial charge in [-0.2, -0.15) is 8.42 Å². The Balaban J connectivity index is 2.12. The topological polar surface area (TPSA) is 192 Å². The van der Waals surface area contributed by atoms with Crippen LogP contribution in [-0.2, 0) is 28.9 Å². The third kappa shape index (κ3) is 42.6. The van der Waals surface area contributed by atoms with Crippen LogP contribution in [-0.4, -0.2) is 95.4 Å².